The molecule has 6 aromatic rings. The summed E-state index contributed by atoms with van der Waals surface area (Å²) in [5, 5.41) is 1.95. The third-order valence-electron chi connectivity index (χ3n) is 6.76. The molecule has 202 valence electrons. The topological polar surface area (TPSA) is 110 Å². The maximum atomic E-state index is 13.0. The maximum Gasteiger partial charge on any atom is 0.253 e. The molecule has 0 unspecified atom stereocenters. The van der Waals surface area contributed by atoms with Gasteiger partial charge in [0.2, 0.25) is 0 Å². The lowest BCUT2D eigenvalue weighted by Gasteiger charge is -2.13. The average molecular weight is 580 g/mol. The minimum Gasteiger partial charge on any atom is -0.306 e. The standard InChI is InChI=1S/C32H22ClN3O4S/c33-28-18-22(14-21-10-7-13-34-30(21)28)27-17-23-15-24(16-25(37)19-41(39,40)26-11-5-2-6-12-26)32(38)36-31(23)35-29(27)20-8-3-1-4-9-20/h1-15,17-18H,16,19H2,(H,35,36,38). The van der Waals surface area contributed by atoms with E-state index in [9.17, 15) is 18.0 Å². The molecule has 0 aliphatic heterocycles. The van der Waals surface area contributed by atoms with Crippen molar-refractivity contribution in [1.82, 2.24) is 15.0 Å². The van der Waals surface area contributed by atoms with Gasteiger partial charge in [0.25, 0.3) is 5.56 Å². The van der Waals surface area contributed by atoms with E-state index < -0.39 is 26.9 Å². The summed E-state index contributed by atoms with van der Waals surface area (Å²) in [7, 11) is -3.83. The SMILES string of the molecule is O=C(Cc1cc2cc(-c3cc(Cl)c4ncccc4c3)c(-c3ccccc3)nc2[nH]c1=O)CS(=O)(=O)c1ccccc1. The highest BCUT2D eigenvalue weighted by atomic mass is 35.5. The Kier molecular flexibility index (Phi) is 6.95. The van der Waals surface area contributed by atoms with Gasteiger partial charge in [0.1, 0.15) is 11.4 Å². The summed E-state index contributed by atoms with van der Waals surface area (Å²) in [6.45, 7) is 0. The van der Waals surface area contributed by atoms with E-state index in [0.717, 1.165) is 22.1 Å². The molecular weight excluding hydrogens is 558 g/mol. The number of rotatable bonds is 7. The summed E-state index contributed by atoms with van der Waals surface area (Å²) in [4.78, 5) is 37.8. The molecule has 3 heterocycles. The third-order valence-corrected chi connectivity index (χ3v) is 8.74. The molecule has 1 N–H and O–H groups in total. The largest absolute Gasteiger partial charge is 0.306 e. The molecule has 0 fully saturated rings. The van der Waals surface area contributed by atoms with Gasteiger partial charge in [0.15, 0.2) is 15.6 Å². The molecule has 6 rings (SSSR count). The van der Waals surface area contributed by atoms with Gasteiger partial charge in [-0.2, -0.15) is 0 Å². The van der Waals surface area contributed by atoms with Gasteiger partial charge in [-0.05, 0) is 48.0 Å². The van der Waals surface area contributed by atoms with Crippen LogP contribution in [0.2, 0.25) is 5.02 Å². The first-order valence-corrected chi connectivity index (χ1v) is 14.8. The van der Waals surface area contributed by atoms with Crippen molar-refractivity contribution in [3.8, 4) is 22.4 Å². The van der Waals surface area contributed by atoms with Crippen molar-refractivity contribution >= 4 is 49.2 Å². The van der Waals surface area contributed by atoms with Crippen molar-refractivity contribution in [3.63, 3.8) is 0 Å². The number of halogens is 1. The van der Waals surface area contributed by atoms with Gasteiger partial charge in [0, 0.05) is 40.1 Å². The number of benzene rings is 3. The Morgan fingerprint density at radius 3 is 2.32 bits per heavy atom. The second-order valence-corrected chi connectivity index (χ2v) is 12.0. The van der Waals surface area contributed by atoms with Crippen LogP contribution in [0.5, 0.6) is 0 Å². The number of Topliss-reactive ketones (excluding diaryl/α,β-unsaturated/α-hetero) is 1. The number of nitrogens with zero attached hydrogens (tertiary/aromatic N) is 2. The fourth-order valence-corrected chi connectivity index (χ4v) is 6.38. The molecule has 0 radical (unpaired) electrons. The number of carbonyl (C=O) groups is 1. The summed E-state index contributed by atoms with van der Waals surface area (Å²) in [6.07, 6.45) is 1.35. The van der Waals surface area contributed by atoms with Gasteiger partial charge < -0.3 is 4.98 Å². The molecule has 0 bridgehead atoms. The second kappa shape index (κ2) is 10.7. The summed E-state index contributed by atoms with van der Waals surface area (Å²) in [5.74, 6) is -1.28. The smallest absolute Gasteiger partial charge is 0.253 e. The Hall–Kier alpha value is -4.66. The fourth-order valence-electron chi connectivity index (χ4n) is 4.84. The zero-order chi connectivity index (χ0) is 28.6. The number of pyridine rings is 3. The van der Waals surface area contributed by atoms with E-state index in [1.807, 2.05) is 60.7 Å². The van der Waals surface area contributed by atoms with Crippen LogP contribution in [0.25, 0.3) is 44.3 Å². The molecule has 0 saturated heterocycles. The average Bonchev–Trinajstić information content (AvgIpc) is 2.97. The van der Waals surface area contributed by atoms with Crippen LogP contribution in [-0.4, -0.2) is 34.9 Å². The molecule has 3 aromatic heterocycles. The number of H-pyrrole nitrogens is 1. The van der Waals surface area contributed by atoms with Crippen molar-refractivity contribution in [2.45, 2.75) is 11.3 Å². The number of carbonyl (C=O) groups excluding carboxylic acids is 1. The van der Waals surface area contributed by atoms with E-state index in [4.69, 9.17) is 16.6 Å². The monoisotopic (exact) mass is 579 g/mol. The van der Waals surface area contributed by atoms with E-state index in [2.05, 4.69) is 9.97 Å². The van der Waals surface area contributed by atoms with Gasteiger partial charge in [-0.1, -0.05) is 66.2 Å². The van der Waals surface area contributed by atoms with Crippen LogP contribution in [0, 0.1) is 0 Å². The molecule has 0 spiro atoms. The lowest BCUT2D eigenvalue weighted by atomic mass is 9.96. The van der Waals surface area contributed by atoms with Crippen LogP contribution < -0.4 is 5.56 Å². The fraction of sp³-hybridized carbons (Fsp3) is 0.0625. The van der Waals surface area contributed by atoms with Crippen molar-refractivity contribution in [3.05, 3.63) is 124 Å². The zero-order valence-corrected chi connectivity index (χ0v) is 23.1. The van der Waals surface area contributed by atoms with Crippen LogP contribution in [0.1, 0.15) is 5.56 Å². The predicted molar refractivity (Wildman–Crippen MR) is 161 cm³/mol. The Bertz CT molecular complexity index is 2110. The lowest BCUT2D eigenvalue weighted by molar-refractivity contribution is -0.116. The molecule has 0 aliphatic carbocycles. The molecule has 7 nitrogen and oxygen atoms in total. The number of hydrogen-bond acceptors (Lipinski definition) is 6. The number of nitrogens with one attached hydrogen (secondary N) is 1. The van der Waals surface area contributed by atoms with Crippen LogP contribution in [0.15, 0.2) is 113 Å². The number of sulfone groups is 1. The number of aromatic nitrogens is 3. The van der Waals surface area contributed by atoms with E-state index in [0.29, 0.717) is 27.3 Å². The Morgan fingerprint density at radius 2 is 1.56 bits per heavy atom. The predicted octanol–water partition coefficient (Wildman–Crippen LogP) is 6.04. The summed E-state index contributed by atoms with van der Waals surface area (Å²) in [6, 6.07) is 28.4. The van der Waals surface area contributed by atoms with Crippen LogP contribution in [0.4, 0.5) is 0 Å². The summed E-state index contributed by atoms with van der Waals surface area (Å²) in [5.41, 5.74) is 3.76. The van der Waals surface area contributed by atoms with E-state index in [-0.39, 0.29) is 16.9 Å². The Labute approximate surface area is 240 Å². The van der Waals surface area contributed by atoms with Gasteiger partial charge in [-0.15, -0.1) is 0 Å². The van der Waals surface area contributed by atoms with E-state index in [1.165, 1.54) is 12.1 Å². The van der Waals surface area contributed by atoms with E-state index >= 15 is 0 Å². The maximum absolute atomic E-state index is 13.0. The molecule has 0 amide bonds. The highest BCUT2D eigenvalue weighted by molar-refractivity contribution is 7.92. The molecule has 0 aliphatic rings. The van der Waals surface area contributed by atoms with Gasteiger partial charge in [-0.3, -0.25) is 14.6 Å². The van der Waals surface area contributed by atoms with Crippen LogP contribution in [0.3, 0.4) is 0 Å². The first kappa shape index (κ1) is 26.6. The van der Waals surface area contributed by atoms with Crippen LogP contribution >= 0.6 is 11.6 Å². The number of fused-ring (bicyclic) bond motifs is 2. The molecular formula is C32H22ClN3O4S. The molecule has 9 heteroatoms. The molecule has 0 saturated carbocycles. The minimum absolute atomic E-state index is 0.0623. The molecule has 41 heavy (non-hydrogen) atoms. The Morgan fingerprint density at radius 1 is 0.829 bits per heavy atom. The van der Waals surface area contributed by atoms with Crippen molar-refractivity contribution < 1.29 is 13.2 Å². The zero-order valence-electron chi connectivity index (χ0n) is 21.5. The van der Waals surface area contributed by atoms with Crippen molar-refractivity contribution in [2.24, 2.45) is 0 Å². The highest BCUT2D eigenvalue weighted by Crippen LogP contribution is 2.36. The van der Waals surface area contributed by atoms with Gasteiger partial charge >= 0.3 is 0 Å². The number of ketones is 1. The Balaban J connectivity index is 1.44. The normalized spacial score (nSPS) is 11.6. The third kappa shape index (κ3) is 5.39. The van der Waals surface area contributed by atoms with Crippen molar-refractivity contribution in [2.75, 3.05) is 5.75 Å². The summed E-state index contributed by atoms with van der Waals surface area (Å²) < 4.78 is 25.4. The lowest BCUT2D eigenvalue weighted by Crippen LogP contribution is -2.22. The van der Waals surface area contributed by atoms with Crippen LogP contribution in [-0.2, 0) is 21.1 Å². The second-order valence-electron chi connectivity index (χ2n) is 9.63. The minimum atomic E-state index is -3.83. The van der Waals surface area contributed by atoms with E-state index in [1.54, 1.807) is 30.5 Å². The number of aromatic amines is 1. The van der Waals surface area contributed by atoms with Gasteiger partial charge in [0.05, 0.1) is 21.1 Å². The summed E-state index contributed by atoms with van der Waals surface area (Å²) >= 11 is 6.61. The van der Waals surface area contributed by atoms with Crippen molar-refractivity contribution in [1.29, 1.82) is 0 Å². The molecule has 0 atom stereocenters. The first-order valence-electron chi connectivity index (χ1n) is 12.7. The quantitative estimate of drug-likeness (QED) is 0.247. The first-order chi connectivity index (χ1) is 19.8. The number of hydrogen-bond donors (Lipinski definition) is 1. The molecule has 3 aromatic carbocycles. The van der Waals surface area contributed by atoms with Gasteiger partial charge in [-0.25, -0.2) is 13.4 Å². The highest BCUT2D eigenvalue weighted by Gasteiger charge is 2.21.